The van der Waals surface area contributed by atoms with E-state index in [-0.39, 0.29) is 0 Å². The molecule has 1 heterocycles. The molecule has 0 bridgehead atoms. The molecule has 1 saturated heterocycles. The maximum absolute atomic E-state index is 5.54. The summed E-state index contributed by atoms with van der Waals surface area (Å²) in [5, 5.41) is 0. The Morgan fingerprint density at radius 3 is 2.57 bits per heavy atom. The number of morpholine rings is 1. The minimum Gasteiger partial charge on any atom is -0.381 e. The van der Waals surface area contributed by atoms with E-state index in [4.69, 9.17) is 9.47 Å². The molecule has 82 valence electrons. The molecule has 0 unspecified atom stereocenters. The molecular formula is C11H21NO2. The summed E-state index contributed by atoms with van der Waals surface area (Å²) in [5.41, 5.74) is 0.507. The average molecular weight is 199 g/mol. The molecular weight excluding hydrogens is 178 g/mol. The first-order valence-corrected chi connectivity index (χ1v) is 5.72. The number of ether oxygens (including phenoxy) is 2. The van der Waals surface area contributed by atoms with Crippen molar-refractivity contribution in [2.45, 2.75) is 19.8 Å². The largest absolute Gasteiger partial charge is 0.381 e. The Bertz CT molecular complexity index is 174. The van der Waals surface area contributed by atoms with Crippen LogP contribution in [-0.4, -0.2) is 51.0 Å². The molecule has 0 aromatic rings. The van der Waals surface area contributed by atoms with Crippen LogP contribution >= 0.6 is 0 Å². The maximum atomic E-state index is 5.54. The van der Waals surface area contributed by atoms with Crippen molar-refractivity contribution in [3.05, 3.63) is 0 Å². The average Bonchev–Trinajstić information content (AvgIpc) is 2.97. The van der Waals surface area contributed by atoms with Crippen LogP contribution in [0.15, 0.2) is 0 Å². The maximum Gasteiger partial charge on any atom is 0.0594 e. The highest BCUT2D eigenvalue weighted by atomic mass is 16.5. The van der Waals surface area contributed by atoms with E-state index in [1.54, 1.807) is 0 Å². The monoisotopic (exact) mass is 199 g/mol. The van der Waals surface area contributed by atoms with Crippen molar-refractivity contribution in [3.63, 3.8) is 0 Å². The Morgan fingerprint density at radius 1 is 1.29 bits per heavy atom. The second-order valence-corrected chi connectivity index (χ2v) is 4.53. The first-order chi connectivity index (χ1) is 6.85. The number of hydrogen-bond donors (Lipinski definition) is 0. The first kappa shape index (κ1) is 10.4. The molecule has 3 nitrogen and oxygen atoms in total. The highest BCUT2D eigenvalue weighted by molar-refractivity contribution is 4.95. The molecule has 2 rings (SSSR count). The van der Waals surface area contributed by atoms with Gasteiger partial charge in [-0.1, -0.05) is 0 Å². The van der Waals surface area contributed by atoms with Gasteiger partial charge in [-0.2, -0.15) is 0 Å². The normalized spacial score (nSPS) is 26.4. The standard InChI is InChI=1S/C11H21NO2/c1-2-13-10-11(3-4-11)9-12-5-7-14-8-6-12/h2-10H2,1H3. The molecule has 14 heavy (non-hydrogen) atoms. The number of nitrogens with zero attached hydrogens (tertiary/aromatic N) is 1. The smallest absolute Gasteiger partial charge is 0.0594 e. The summed E-state index contributed by atoms with van der Waals surface area (Å²) >= 11 is 0. The van der Waals surface area contributed by atoms with Gasteiger partial charge in [0.05, 0.1) is 19.8 Å². The highest BCUT2D eigenvalue weighted by Crippen LogP contribution is 2.46. The molecule has 0 N–H and O–H groups in total. The summed E-state index contributed by atoms with van der Waals surface area (Å²) in [6.45, 7) is 9.13. The van der Waals surface area contributed by atoms with Crippen LogP contribution in [0.4, 0.5) is 0 Å². The molecule has 0 aromatic heterocycles. The van der Waals surface area contributed by atoms with E-state index in [1.165, 1.54) is 19.4 Å². The van der Waals surface area contributed by atoms with Gasteiger partial charge in [0.1, 0.15) is 0 Å². The van der Waals surface area contributed by atoms with Crippen LogP contribution in [0, 0.1) is 5.41 Å². The Morgan fingerprint density at radius 2 is 2.00 bits per heavy atom. The second kappa shape index (κ2) is 4.60. The Hall–Kier alpha value is -0.120. The first-order valence-electron chi connectivity index (χ1n) is 5.72. The summed E-state index contributed by atoms with van der Waals surface area (Å²) in [4.78, 5) is 2.52. The zero-order chi connectivity index (χ0) is 9.86. The van der Waals surface area contributed by atoms with Crippen LogP contribution < -0.4 is 0 Å². The van der Waals surface area contributed by atoms with Crippen molar-refractivity contribution in [3.8, 4) is 0 Å². The Balaban J connectivity index is 1.72. The highest BCUT2D eigenvalue weighted by Gasteiger charge is 2.44. The van der Waals surface area contributed by atoms with Crippen molar-refractivity contribution in [1.82, 2.24) is 4.90 Å². The summed E-state index contributed by atoms with van der Waals surface area (Å²) < 4.78 is 10.9. The lowest BCUT2D eigenvalue weighted by Gasteiger charge is -2.30. The summed E-state index contributed by atoms with van der Waals surface area (Å²) in [6.07, 6.45) is 2.70. The molecule has 3 heteroatoms. The fraction of sp³-hybridized carbons (Fsp3) is 1.00. The van der Waals surface area contributed by atoms with Gasteiger partial charge < -0.3 is 9.47 Å². The molecule has 2 aliphatic rings. The van der Waals surface area contributed by atoms with Gasteiger partial charge in [0.25, 0.3) is 0 Å². The molecule has 0 radical (unpaired) electrons. The Kier molecular flexibility index (Phi) is 3.42. The molecule has 0 aromatic carbocycles. The molecule has 1 aliphatic heterocycles. The molecule has 1 aliphatic carbocycles. The second-order valence-electron chi connectivity index (χ2n) is 4.53. The topological polar surface area (TPSA) is 21.7 Å². The van der Waals surface area contributed by atoms with Crippen molar-refractivity contribution in [2.75, 3.05) is 46.1 Å². The zero-order valence-electron chi connectivity index (χ0n) is 9.13. The van der Waals surface area contributed by atoms with Gasteiger partial charge in [-0.05, 0) is 19.8 Å². The van der Waals surface area contributed by atoms with E-state index in [1.807, 2.05) is 0 Å². The third kappa shape index (κ3) is 2.69. The summed E-state index contributed by atoms with van der Waals surface area (Å²) in [6, 6.07) is 0. The van der Waals surface area contributed by atoms with Gasteiger partial charge in [-0.25, -0.2) is 0 Å². The van der Waals surface area contributed by atoms with Crippen molar-refractivity contribution < 1.29 is 9.47 Å². The molecule has 0 atom stereocenters. The minimum absolute atomic E-state index is 0.507. The van der Waals surface area contributed by atoms with Crippen LogP contribution in [0.1, 0.15) is 19.8 Å². The van der Waals surface area contributed by atoms with Crippen LogP contribution in [0.25, 0.3) is 0 Å². The summed E-state index contributed by atoms with van der Waals surface area (Å²) in [7, 11) is 0. The lowest BCUT2D eigenvalue weighted by molar-refractivity contribution is 0.0140. The number of rotatable bonds is 5. The van der Waals surface area contributed by atoms with Gasteiger partial charge in [0, 0.05) is 31.7 Å². The van der Waals surface area contributed by atoms with Crippen molar-refractivity contribution in [1.29, 1.82) is 0 Å². The minimum atomic E-state index is 0.507. The van der Waals surface area contributed by atoms with Crippen molar-refractivity contribution in [2.24, 2.45) is 5.41 Å². The quantitative estimate of drug-likeness (QED) is 0.662. The van der Waals surface area contributed by atoms with E-state index < -0.39 is 0 Å². The van der Waals surface area contributed by atoms with E-state index in [2.05, 4.69) is 11.8 Å². The lowest BCUT2D eigenvalue weighted by atomic mass is 10.1. The van der Waals surface area contributed by atoms with E-state index in [0.717, 1.165) is 39.5 Å². The van der Waals surface area contributed by atoms with E-state index in [0.29, 0.717) is 5.41 Å². The van der Waals surface area contributed by atoms with E-state index in [9.17, 15) is 0 Å². The summed E-state index contributed by atoms with van der Waals surface area (Å²) in [5.74, 6) is 0. The molecule has 0 spiro atoms. The fourth-order valence-electron chi connectivity index (χ4n) is 2.08. The zero-order valence-corrected chi connectivity index (χ0v) is 9.13. The predicted molar refractivity (Wildman–Crippen MR) is 55.4 cm³/mol. The third-order valence-corrected chi connectivity index (χ3v) is 3.23. The van der Waals surface area contributed by atoms with E-state index >= 15 is 0 Å². The van der Waals surface area contributed by atoms with Crippen LogP contribution in [-0.2, 0) is 9.47 Å². The Labute approximate surface area is 86.4 Å². The third-order valence-electron chi connectivity index (χ3n) is 3.23. The van der Waals surface area contributed by atoms with Gasteiger partial charge in [-0.3, -0.25) is 4.90 Å². The molecule has 2 fully saturated rings. The fourth-order valence-corrected chi connectivity index (χ4v) is 2.08. The SMILES string of the molecule is CCOCC1(CN2CCOCC2)CC1. The van der Waals surface area contributed by atoms with Crippen molar-refractivity contribution >= 4 is 0 Å². The van der Waals surface area contributed by atoms with Gasteiger partial charge >= 0.3 is 0 Å². The van der Waals surface area contributed by atoms with Gasteiger partial charge in [0.15, 0.2) is 0 Å². The predicted octanol–water partition coefficient (Wildman–Crippen LogP) is 1.14. The molecule has 1 saturated carbocycles. The van der Waals surface area contributed by atoms with Crippen LogP contribution in [0.2, 0.25) is 0 Å². The molecule has 0 amide bonds. The van der Waals surface area contributed by atoms with Gasteiger partial charge in [0.2, 0.25) is 0 Å². The number of hydrogen-bond acceptors (Lipinski definition) is 3. The van der Waals surface area contributed by atoms with Gasteiger partial charge in [-0.15, -0.1) is 0 Å². The van der Waals surface area contributed by atoms with Crippen LogP contribution in [0.5, 0.6) is 0 Å². The van der Waals surface area contributed by atoms with Crippen LogP contribution in [0.3, 0.4) is 0 Å². The lowest BCUT2D eigenvalue weighted by Crippen LogP contribution is -2.40.